The fourth-order valence-corrected chi connectivity index (χ4v) is 4.32. The topological polar surface area (TPSA) is 9.23 Å². The summed E-state index contributed by atoms with van der Waals surface area (Å²) in [4.78, 5) is 0. The molecule has 2 aromatic rings. The van der Waals surface area contributed by atoms with E-state index >= 15 is 0 Å². The Hall–Kier alpha value is -1.69. The molecule has 0 saturated heterocycles. The fourth-order valence-electron chi connectivity index (χ4n) is 2.13. The van der Waals surface area contributed by atoms with Gasteiger partial charge in [0.1, 0.15) is 10.5 Å². The number of rotatable bonds is 7. The van der Waals surface area contributed by atoms with Crippen LogP contribution in [0.4, 0.5) is 0 Å². The standard InChI is InChI=1S/C18H22OSi2/c20-19-21(15-7-13-17-9-3-1-4-10-17)16-8-14-18-11-5-2-6-12-18/h1-12,15-16,21H,13-14H2,20H3. The van der Waals surface area contributed by atoms with Gasteiger partial charge in [-0.3, -0.25) is 0 Å². The molecular formula is C18H22OSi2. The van der Waals surface area contributed by atoms with Crippen molar-refractivity contribution in [1.82, 2.24) is 0 Å². The average molecular weight is 311 g/mol. The molecule has 0 aliphatic carbocycles. The molecular weight excluding hydrogens is 288 g/mol. The van der Waals surface area contributed by atoms with E-state index in [9.17, 15) is 0 Å². The molecule has 0 aromatic heterocycles. The normalized spacial score (nSPS) is 13.1. The molecule has 21 heavy (non-hydrogen) atoms. The fraction of sp³-hybridized carbons (Fsp3) is 0.111. The number of hydrogen-bond donors (Lipinski definition) is 0. The molecule has 0 aliphatic rings. The Kier molecular flexibility index (Phi) is 6.94. The van der Waals surface area contributed by atoms with Crippen molar-refractivity contribution in [3.05, 3.63) is 95.3 Å². The average Bonchev–Trinajstić information content (AvgIpc) is 2.55. The molecule has 2 aromatic carbocycles. The van der Waals surface area contributed by atoms with E-state index < -0.39 is 9.04 Å². The van der Waals surface area contributed by atoms with Crippen LogP contribution in [0.25, 0.3) is 0 Å². The van der Waals surface area contributed by atoms with Crippen LogP contribution in [0.3, 0.4) is 0 Å². The second-order valence-corrected chi connectivity index (χ2v) is 8.52. The first-order chi connectivity index (χ1) is 10.4. The molecule has 3 heteroatoms. The number of allylic oxidation sites excluding steroid dienone is 2. The van der Waals surface area contributed by atoms with Crippen molar-refractivity contribution in [1.29, 1.82) is 0 Å². The molecule has 0 spiro atoms. The van der Waals surface area contributed by atoms with E-state index in [0.717, 1.165) is 23.3 Å². The summed E-state index contributed by atoms with van der Waals surface area (Å²) in [7, 11) is -0.489. The molecule has 0 aliphatic heterocycles. The molecule has 108 valence electrons. The summed E-state index contributed by atoms with van der Waals surface area (Å²) in [5.74, 6) is 0. The highest BCUT2D eigenvalue weighted by molar-refractivity contribution is 6.65. The van der Waals surface area contributed by atoms with Gasteiger partial charge in [-0.2, -0.15) is 0 Å². The van der Waals surface area contributed by atoms with Crippen molar-refractivity contribution in [3.63, 3.8) is 0 Å². The van der Waals surface area contributed by atoms with Crippen molar-refractivity contribution in [2.24, 2.45) is 0 Å². The van der Waals surface area contributed by atoms with Gasteiger partial charge >= 0.3 is 0 Å². The Bertz CT molecular complexity index is 513. The second-order valence-electron chi connectivity index (χ2n) is 4.94. The smallest absolute Gasteiger partial charge is 0.212 e. The summed E-state index contributed by atoms with van der Waals surface area (Å²) in [5, 5.41) is 0. The predicted molar refractivity (Wildman–Crippen MR) is 96.7 cm³/mol. The van der Waals surface area contributed by atoms with E-state index in [0.29, 0.717) is 0 Å². The van der Waals surface area contributed by atoms with Crippen LogP contribution < -0.4 is 0 Å². The quantitative estimate of drug-likeness (QED) is 0.715. The van der Waals surface area contributed by atoms with Crippen LogP contribution >= 0.6 is 0 Å². The zero-order valence-corrected chi connectivity index (χ0v) is 15.6. The van der Waals surface area contributed by atoms with Gasteiger partial charge < -0.3 is 4.12 Å². The van der Waals surface area contributed by atoms with E-state index in [2.05, 4.69) is 84.2 Å². The summed E-state index contributed by atoms with van der Waals surface area (Å²) in [6.45, 7) is 0. The van der Waals surface area contributed by atoms with Crippen LogP contribution in [0.5, 0.6) is 0 Å². The molecule has 0 saturated carbocycles. The third-order valence-corrected chi connectivity index (χ3v) is 6.80. The Labute approximate surface area is 132 Å². The lowest BCUT2D eigenvalue weighted by Crippen LogP contribution is -2.10. The third-order valence-electron chi connectivity index (χ3n) is 3.32. The lowest BCUT2D eigenvalue weighted by molar-refractivity contribution is 0.658. The van der Waals surface area contributed by atoms with Crippen LogP contribution in [0, 0.1) is 0 Å². The number of benzene rings is 2. The van der Waals surface area contributed by atoms with Crippen molar-refractivity contribution in [3.8, 4) is 0 Å². The van der Waals surface area contributed by atoms with Crippen molar-refractivity contribution in [2.45, 2.75) is 12.8 Å². The summed E-state index contributed by atoms with van der Waals surface area (Å²) >= 11 is 0. The summed E-state index contributed by atoms with van der Waals surface area (Å²) in [6, 6.07) is 21.1. The minimum Gasteiger partial charge on any atom is -0.460 e. The van der Waals surface area contributed by atoms with E-state index in [-0.39, 0.29) is 0 Å². The second kappa shape index (κ2) is 9.29. The molecule has 0 N–H and O–H groups in total. The van der Waals surface area contributed by atoms with Gasteiger partial charge in [-0.05, 0) is 24.0 Å². The van der Waals surface area contributed by atoms with E-state index in [1.54, 1.807) is 0 Å². The lowest BCUT2D eigenvalue weighted by Gasteiger charge is -2.03. The summed E-state index contributed by atoms with van der Waals surface area (Å²) in [5.41, 5.74) is 7.26. The van der Waals surface area contributed by atoms with Crippen LogP contribution in [0.2, 0.25) is 0 Å². The van der Waals surface area contributed by atoms with E-state index in [4.69, 9.17) is 4.12 Å². The van der Waals surface area contributed by atoms with Gasteiger partial charge in [0.15, 0.2) is 0 Å². The van der Waals surface area contributed by atoms with Crippen molar-refractivity contribution < 1.29 is 4.12 Å². The largest absolute Gasteiger partial charge is 0.460 e. The van der Waals surface area contributed by atoms with Gasteiger partial charge in [0.05, 0.1) is 0 Å². The highest BCUT2D eigenvalue weighted by Crippen LogP contribution is 2.03. The van der Waals surface area contributed by atoms with Crippen LogP contribution in [0.15, 0.2) is 84.2 Å². The Morgan fingerprint density at radius 3 is 1.57 bits per heavy atom. The van der Waals surface area contributed by atoms with Crippen molar-refractivity contribution >= 4 is 19.5 Å². The van der Waals surface area contributed by atoms with Crippen molar-refractivity contribution in [2.75, 3.05) is 0 Å². The highest BCUT2D eigenvalue weighted by Gasteiger charge is 1.98. The molecule has 0 radical (unpaired) electrons. The minimum atomic E-state index is -1.29. The maximum absolute atomic E-state index is 5.73. The van der Waals surface area contributed by atoms with Gasteiger partial charge in [-0.15, -0.1) is 0 Å². The minimum absolute atomic E-state index is 0.805. The molecule has 0 unspecified atom stereocenters. The molecule has 0 fully saturated rings. The maximum Gasteiger partial charge on any atom is 0.212 e. The van der Waals surface area contributed by atoms with Crippen LogP contribution in [0.1, 0.15) is 11.1 Å². The van der Waals surface area contributed by atoms with Gasteiger partial charge in [0, 0.05) is 0 Å². The zero-order valence-electron chi connectivity index (χ0n) is 12.5. The molecule has 2 rings (SSSR count). The summed E-state index contributed by atoms with van der Waals surface area (Å²) in [6.07, 6.45) is 6.47. The Morgan fingerprint density at radius 2 is 1.19 bits per heavy atom. The Morgan fingerprint density at radius 1 is 0.762 bits per heavy atom. The first kappa shape index (κ1) is 15.7. The molecule has 0 bridgehead atoms. The van der Waals surface area contributed by atoms with E-state index in [1.807, 2.05) is 0 Å². The molecule has 0 amide bonds. The van der Waals surface area contributed by atoms with Gasteiger partial charge in [-0.25, -0.2) is 0 Å². The number of hydrogen-bond acceptors (Lipinski definition) is 1. The Balaban J connectivity index is 1.82. The molecule has 0 heterocycles. The van der Waals surface area contributed by atoms with E-state index in [1.165, 1.54) is 11.1 Å². The van der Waals surface area contributed by atoms with Crippen LogP contribution in [-0.2, 0) is 17.0 Å². The van der Waals surface area contributed by atoms with Gasteiger partial charge in [0.25, 0.3) is 0 Å². The lowest BCUT2D eigenvalue weighted by atomic mass is 10.2. The highest BCUT2D eigenvalue weighted by atomic mass is 28.3. The first-order valence-corrected chi connectivity index (χ1v) is 9.94. The van der Waals surface area contributed by atoms with Gasteiger partial charge in [0.2, 0.25) is 9.04 Å². The summed E-state index contributed by atoms with van der Waals surface area (Å²) < 4.78 is 5.73. The maximum atomic E-state index is 5.73. The predicted octanol–water partition coefficient (Wildman–Crippen LogP) is 2.68. The zero-order chi connectivity index (χ0) is 14.8. The molecule has 1 nitrogen and oxygen atoms in total. The SMILES string of the molecule is [SiH3]O[SiH](C=CCc1ccccc1)C=CCc1ccccc1. The monoisotopic (exact) mass is 310 g/mol. The first-order valence-electron chi connectivity index (χ1n) is 7.32. The molecule has 0 atom stereocenters. The van der Waals surface area contributed by atoms with Gasteiger partial charge in [-0.1, -0.05) is 84.2 Å². The third kappa shape index (κ3) is 6.08. The van der Waals surface area contributed by atoms with Crippen LogP contribution in [-0.4, -0.2) is 19.5 Å².